The highest BCUT2D eigenvalue weighted by molar-refractivity contribution is 6.24. The summed E-state index contributed by atoms with van der Waals surface area (Å²) in [7, 11) is 0. The Kier molecular flexibility index (Phi) is 9.11. The number of rotatable bonds is 9. The van der Waals surface area contributed by atoms with Gasteiger partial charge < -0.3 is 0 Å². The molecule has 0 aromatic heterocycles. The molecule has 1 saturated carbocycles. The standard InChI is InChI=1S/C27H37Cl2N/c1-20(2)30(19-18-22-8-5-4-6-9-22)21(3)12-13-23-14-16-24(17-15-23)27-25(28)10-7-11-26(27)29/h4-6,8-9,14-17,20-21,25-27H,7,10-13,18-19H2,1-3H3. The third kappa shape index (κ3) is 6.49. The summed E-state index contributed by atoms with van der Waals surface area (Å²) in [6.07, 6.45) is 6.68. The molecule has 3 unspecified atom stereocenters. The van der Waals surface area contributed by atoms with Crippen LogP contribution in [0.5, 0.6) is 0 Å². The highest BCUT2D eigenvalue weighted by Gasteiger charge is 2.32. The number of aryl methyl sites for hydroxylation is 1. The molecule has 0 saturated heterocycles. The smallest absolute Gasteiger partial charge is 0.0418 e. The summed E-state index contributed by atoms with van der Waals surface area (Å²) in [6, 6.07) is 21.0. The van der Waals surface area contributed by atoms with Gasteiger partial charge in [-0.15, -0.1) is 23.2 Å². The molecule has 164 valence electrons. The maximum absolute atomic E-state index is 6.60. The van der Waals surface area contributed by atoms with Gasteiger partial charge in [0, 0.05) is 35.3 Å². The second kappa shape index (κ2) is 11.6. The van der Waals surface area contributed by atoms with Crippen molar-refractivity contribution in [1.29, 1.82) is 0 Å². The fourth-order valence-electron chi connectivity index (χ4n) is 4.85. The SMILES string of the molecule is CC(C)N(CCc1ccccc1)C(C)CCc1ccc(C2C(Cl)CCCC2Cl)cc1. The first-order valence-electron chi connectivity index (χ1n) is 11.6. The van der Waals surface area contributed by atoms with E-state index in [4.69, 9.17) is 23.2 Å². The lowest BCUT2D eigenvalue weighted by molar-refractivity contribution is 0.158. The highest BCUT2D eigenvalue weighted by Crippen LogP contribution is 2.39. The molecular weight excluding hydrogens is 409 g/mol. The van der Waals surface area contributed by atoms with Crippen molar-refractivity contribution < 1.29 is 0 Å². The summed E-state index contributed by atoms with van der Waals surface area (Å²) in [5, 5.41) is 0.327. The van der Waals surface area contributed by atoms with Gasteiger partial charge in [-0.2, -0.15) is 0 Å². The molecule has 3 heteroatoms. The number of nitrogens with zero attached hydrogens (tertiary/aromatic N) is 1. The van der Waals surface area contributed by atoms with Crippen LogP contribution in [-0.4, -0.2) is 34.3 Å². The summed E-state index contributed by atoms with van der Waals surface area (Å²) >= 11 is 13.2. The Morgan fingerprint density at radius 1 is 0.833 bits per heavy atom. The average Bonchev–Trinajstić information content (AvgIpc) is 2.73. The zero-order valence-electron chi connectivity index (χ0n) is 18.7. The Balaban J connectivity index is 1.54. The molecular formula is C27H37Cl2N. The maximum atomic E-state index is 6.60. The molecule has 1 fully saturated rings. The van der Waals surface area contributed by atoms with Crippen molar-refractivity contribution in [3.63, 3.8) is 0 Å². The minimum atomic E-state index is 0.163. The lowest BCUT2D eigenvalue weighted by Crippen LogP contribution is -2.40. The average molecular weight is 447 g/mol. The quantitative estimate of drug-likeness (QED) is 0.362. The van der Waals surface area contributed by atoms with E-state index >= 15 is 0 Å². The molecule has 1 aliphatic carbocycles. The van der Waals surface area contributed by atoms with Crippen molar-refractivity contribution in [2.45, 2.75) is 88.1 Å². The van der Waals surface area contributed by atoms with Gasteiger partial charge in [-0.3, -0.25) is 4.90 Å². The van der Waals surface area contributed by atoms with Crippen LogP contribution in [0.4, 0.5) is 0 Å². The minimum absolute atomic E-state index is 0.163. The van der Waals surface area contributed by atoms with Gasteiger partial charge in [0.15, 0.2) is 0 Å². The Hall–Kier alpha value is -1.02. The first-order valence-corrected chi connectivity index (χ1v) is 12.5. The second-order valence-corrected chi connectivity index (χ2v) is 10.3. The summed E-state index contributed by atoms with van der Waals surface area (Å²) < 4.78 is 0. The lowest BCUT2D eigenvalue weighted by Gasteiger charge is -2.33. The fraction of sp³-hybridized carbons (Fsp3) is 0.556. The Morgan fingerprint density at radius 3 is 2.03 bits per heavy atom. The topological polar surface area (TPSA) is 3.24 Å². The molecule has 0 bridgehead atoms. The van der Waals surface area contributed by atoms with E-state index in [1.54, 1.807) is 0 Å². The monoisotopic (exact) mass is 445 g/mol. The van der Waals surface area contributed by atoms with Crippen LogP contribution in [0.1, 0.15) is 69.1 Å². The molecule has 30 heavy (non-hydrogen) atoms. The number of hydrogen-bond acceptors (Lipinski definition) is 1. The Morgan fingerprint density at radius 2 is 1.43 bits per heavy atom. The minimum Gasteiger partial charge on any atom is -0.298 e. The summed E-state index contributed by atoms with van der Waals surface area (Å²) in [6.45, 7) is 8.10. The summed E-state index contributed by atoms with van der Waals surface area (Å²) in [5.74, 6) is 0.282. The number of alkyl halides is 2. The lowest BCUT2D eigenvalue weighted by atomic mass is 9.83. The largest absolute Gasteiger partial charge is 0.298 e. The molecule has 0 radical (unpaired) electrons. The number of hydrogen-bond donors (Lipinski definition) is 0. The van der Waals surface area contributed by atoms with Crippen LogP contribution in [-0.2, 0) is 12.8 Å². The Labute approximate surface area is 193 Å². The molecule has 2 aromatic rings. The van der Waals surface area contributed by atoms with Gasteiger partial charge >= 0.3 is 0 Å². The highest BCUT2D eigenvalue weighted by atomic mass is 35.5. The van der Waals surface area contributed by atoms with Crippen LogP contribution in [0.3, 0.4) is 0 Å². The molecule has 3 atom stereocenters. The van der Waals surface area contributed by atoms with Gasteiger partial charge in [-0.25, -0.2) is 0 Å². The summed E-state index contributed by atoms with van der Waals surface area (Å²) in [5.41, 5.74) is 4.13. The van der Waals surface area contributed by atoms with E-state index in [2.05, 4.69) is 80.3 Å². The zero-order valence-corrected chi connectivity index (χ0v) is 20.2. The van der Waals surface area contributed by atoms with Crippen LogP contribution in [0, 0.1) is 0 Å². The third-order valence-corrected chi connectivity index (χ3v) is 7.66. The van der Waals surface area contributed by atoms with E-state index in [1.165, 1.54) is 23.1 Å². The van der Waals surface area contributed by atoms with Crippen molar-refractivity contribution in [2.75, 3.05) is 6.54 Å². The van der Waals surface area contributed by atoms with E-state index in [1.807, 2.05) is 0 Å². The molecule has 1 nitrogen and oxygen atoms in total. The second-order valence-electron chi connectivity index (χ2n) is 9.19. The van der Waals surface area contributed by atoms with Crippen LogP contribution in [0.25, 0.3) is 0 Å². The van der Waals surface area contributed by atoms with Gasteiger partial charge in [0.1, 0.15) is 0 Å². The van der Waals surface area contributed by atoms with E-state index in [0.717, 1.165) is 38.6 Å². The van der Waals surface area contributed by atoms with Crippen LogP contribution >= 0.6 is 23.2 Å². The first kappa shape index (κ1) is 23.6. The van der Waals surface area contributed by atoms with Gasteiger partial charge in [-0.1, -0.05) is 61.0 Å². The Bertz CT molecular complexity index is 733. The molecule has 3 rings (SSSR count). The van der Waals surface area contributed by atoms with Crippen molar-refractivity contribution in [3.8, 4) is 0 Å². The molecule has 1 aliphatic rings. The van der Waals surface area contributed by atoms with Crippen molar-refractivity contribution in [1.82, 2.24) is 4.90 Å². The van der Waals surface area contributed by atoms with Gasteiger partial charge in [0.05, 0.1) is 0 Å². The van der Waals surface area contributed by atoms with Crippen LogP contribution < -0.4 is 0 Å². The predicted octanol–water partition coefficient (Wildman–Crippen LogP) is 7.44. The molecule has 0 spiro atoms. The van der Waals surface area contributed by atoms with E-state index in [9.17, 15) is 0 Å². The van der Waals surface area contributed by atoms with Gasteiger partial charge in [0.2, 0.25) is 0 Å². The maximum Gasteiger partial charge on any atom is 0.0418 e. The van der Waals surface area contributed by atoms with E-state index in [-0.39, 0.29) is 16.7 Å². The molecule has 0 heterocycles. The number of halogens is 2. The van der Waals surface area contributed by atoms with Crippen molar-refractivity contribution in [3.05, 3.63) is 71.3 Å². The van der Waals surface area contributed by atoms with E-state index in [0.29, 0.717) is 12.1 Å². The molecule has 0 amide bonds. The normalized spacial score (nSPS) is 23.1. The third-order valence-electron chi connectivity index (χ3n) is 6.69. The van der Waals surface area contributed by atoms with Gasteiger partial charge in [0.25, 0.3) is 0 Å². The fourth-order valence-corrected chi connectivity index (χ4v) is 5.87. The molecule has 0 N–H and O–H groups in total. The van der Waals surface area contributed by atoms with Crippen molar-refractivity contribution in [2.24, 2.45) is 0 Å². The van der Waals surface area contributed by atoms with Crippen LogP contribution in [0.2, 0.25) is 0 Å². The van der Waals surface area contributed by atoms with Crippen molar-refractivity contribution >= 4 is 23.2 Å². The predicted molar refractivity (Wildman–Crippen MR) is 132 cm³/mol. The number of benzene rings is 2. The van der Waals surface area contributed by atoms with E-state index < -0.39 is 0 Å². The zero-order chi connectivity index (χ0) is 21.5. The van der Waals surface area contributed by atoms with Crippen LogP contribution in [0.15, 0.2) is 54.6 Å². The summed E-state index contributed by atoms with van der Waals surface area (Å²) in [4.78, 5) is 2.64. The molecule has 0 aliphatic heterocycles. The van der Waals surface area contributed by atoms with Gasteiger partial charge in [-0.05, 0) is 69.6 Å². The molecule has 2 aromatic carbocycles. The first-order chi connectivity index (χ1) is 14.5.